The molecule has 0 aliphatic heterocycles. The highest BCUT2D eigenvalue weighted by Gasteiger charge is 2.52. The van der Waals surface area contributed by atoms with E-state index in [1.165, 1.54) is 0 Å². The first-order valence-electron chi connectivity index (χ1n) is 5.49. The Morgan fingerprint density at radius 1 is 1.08 bits per heavy atom. The smallest absolute Gasteiger partial charge is 0.139 e. The number of hydrogen-bond acceptors (Lipinski definition) is 2. The van der Waals surface area contributed by atoms with Crippen molar-refractivity contribution in [3.05, 3.63) is 0 Å². The van der Waals surface area contributed by atoms with Gasteiger partial charge in [-0.15, -0.1) is 0 Å². The second-order valence-electron chi connectivity index (χ2n) is 4.99. The summed E-state index contributed by atoms with van der Waals surface area (Å²) in [6.45, 7) is 0. The summed E-state index contributed by atoms with van der Waals surface area (Å²) in [6.07, 6.45) is 4.95. The zero-order valence-electron chi connectivity index (χ0n) is 7.78. The Morgan fingerprint density at radius 2 is 1.92 bits per heavy atom. The lowest BCUT2D eigenvalue weighted by Crippen LogP contribution is -2.25. The number of ketones is 1. The minimum Gasteiger partial charge on any atom is -0.393 e. The van der Waals surface area contributed by atoms with Gasteiger partial charge in [0, 0.05) is 11.8 Å². The van der Waals surface area contributed by atoms with E-state index in [-0.39, 0.29) is 6.10 Å². The van der Waals surface area contributed by atoms with Crippen molar-refractivity contribution >= 4 is 5.78 Å². The third kappa shape index (κ3) is 0.954. The summed E-state index contributed by atoms with van der Waals surface area (Å²) >= 11 is 0. The van der Waals surface area contributed by atoms with Crippen molar-refractivity contribution in [2.75, 3.05) is 0 Å². The number of rotatable bonds is 0. The normalized spacial score (nSPS) is 53.9. The Balaban J connectivity index is 1.96. The van der Waals surface area contributed by atoms with Crippen LogP contribution in [0.15, 0.2) is 0 Å². The van der Waals surface area contributed by atoms with Crippen LogP contribution in [-0.4, -0.2) is 17.0 Å². The number of aliphatic hydroxyl groups is 1. The van der Waals surface area contributed by atoms with E-state index < -0.39 is 0 Å². The van der Waals surface area contributed by atoms with E-state index in [1.807, 2.05) is 0 Å². The molecule has 0 amide bonds. The zero-order valence-corrected chi connectivity index (χ0v) is 7.78. The van der Waals surface area contributed by atoms with Crippen molar-refractivity contribution < 1.29 is 9.90 Å². The molecule has 0 aromatic carbocycles. The third-order valence-electron chi connectivity index (χ3n) is 4.51. The predicted molar refractivity (Wildman–Crippen MR) is 48.1 cm³/mol. The van der Waals surface area contributed by atoms with Gasteiger partial charge in [-0.05, 0) is 43.9 Å². The molecule has 0 aromatic heterocycles. The van der Waals surface area contributed by atoms with Gasteiger partial charge in [0.2, 0.25) is 0 Å². The average Bonchev–Trinajstić information content (AvgIpc) is 2.60. The van der Waals surface area contributed by atoms with Crippen molar-refractivity contribution in [3.63, 3.8) is 0 Å². The molecule has 2 heteroatoms. The van der Waals surface area contributed by atoms with Gasteiger partial charge in [-0.1, -0.05) is 0 Å². The van der Waals surface area contributed by atoms with Crippen molar-refractivity contribution in [3.8, 4) is 0 Å². The Hall–Kier alpha value is -0.370. The van der Waals surface area contributed by atoms with Gasteiger partial charge in [0.15, 0.2) is 0 Å². The Morgan fingerprint density at radius 3 is 2.77 bits per heavy atom. The first-order chi connectivity index (χ1) is 6.27. The number of fused-ring (bicyclic) bond motifs is 1. The Labute approximate surface area is 78.3 Å². The molecule has 0 unspecified atom stereocenters. The maximum atomic E-state index is 11.8. The van der Waals surface area contributed by atoms with Crippen molar-refractivity contribution in [1.82, 2.24) is 0 Å². The molecule has 0 spiro atoms. The fourth-order valence-electron chi connectivity index (χ4n) is 3.86. The minimum atomic E-state index is -0.104. The first kappa shape index (κ1) is 7.98. The second-order valence-corrected chi connectivity index (χ2v) is 4.99. The van der Waals surface area contributed by atoms with Crippen molar-refractivity contribution in [1.29, 1.82) is 0 Å². The Kier molecular flexibility index (Phi) is 1.58. The van der Waals surface area contributed by atoms with E-state index in [4.69, 9.17) is 0 Å². The maximum absolute atomic E-state index is 11.8. The molecule has 72 valence electrons. The van der Waals surface area contributed by atoms with Gasteiger partial charge in [-0.3, -0.25) is 4.79 Å². The van der Waals surface area contributed by atoms with Crippen LogP contribution in [0.4, 0.5) is 0 Å². The molecule has 5 atom stereocenters. The average molecular weight is 180 g/mol. The van der Waals surface area contributed by atoms with Crippen LogP contribution in [0.5, 0.6) is 0 Å². The van der Waals surface area contributed by atoms with Crippen LogP contribution in [-0.2, 0) is 4.79 Å². The van der Waals surface area contributed by atoms with Gasteiger partial charge in [0.1, 0.15) is 5.78 Å². The summed E-state index contributed by atoms with van der Waals surface area (Å²) in [4.78, 5) is 11.8. The molecule has 3 rings (SSSR count). The summed E-state index contributed by atoms with van der Waals surface area (Å²) in [5.74, 6) is 2.19. The summed E-state index contributed by atoms with van der Waals surface area (Å²) in [7, 11) is 0. The summed E-state index contributed by atoms with van der Waals surface area (Å²) in [6, 6.07) is 0. The molecule has 2 bridgehead atoms. The van der Waals surface area contributed by atoms with E-state index in [1.54, 1.807) is 0 Å². The van der Waals surface area contributed by atoms with Gasteiger partial charge in [-0.2, -0.15) is 0 Å². The van der Waals surface area contributed by atoms with E-state index in [0.29, 0.717) is 29.5 Å². The van der Waals surface area contributed by atoms with Gasteiger partial charge in [-0.25, -0.2) is 0 Å². The number of hydrogen-bond donors (Lipinski definition) is 1. The molecule has 3 fully saturated rings. The maximum Gasteiger partial charge on any atom is 0.139 e. The van der Waals surface area contributed by atoms with E-state index >= 15 is 0 Å². The van der Waals surface area contributed by atoms with Crippen molar-refractivity contribution in [2.24, 2.45) is 23.7 Å². The quantitative estimate of drug-likeness (QED) is 0.611. The molecule has 0 aromatic rings. The molecule has 0 saturated heterocycles. The topological polar surface area (TPSA) is 37.3 Å². The van der Waals surface area contributed by atoms with E-state index in [9.17, 15) is 9.90 Å². The zero-order chi connectivity index (χ0) is 9.00. The summed E-state index contributed by atoms with van der Waals surface area (Å²) < 4.78 is 0. The second kappa shape index (κ2) is 2.57. The van der Waals surface area contributed by atoms with E-state index in [0.717, 1.165) is 32.1 Å². The molecule has 3 aliphatic rings. The molecular weight excluding hydrogens is 164 g/mol. The van der Waals surface area contributed by atoms with Crippen LogP contribution in [0, 0.1) is 23.7 Å². The molecule has 3 saturated carbocycles. The lowest BCUT2D eigenvalue weighted by atomic mass is 9.87. The van der Waals surface area contributed by atoms with Gasteiger partial charge in [0.25, 0.3) is 0 Å². The van der Waals surface area contributed by atoms with Gasteiger partial charge >= 0.3 is 0 Å². The van der Waals surface area contributed by atoms with Gasteiger partial charge in [0.05, 0.1) is 6.10 Å². The van der Waals surface area contributed by atoms with Gasteiger partial charge < -0.3 is 5.11 Å². The molecule has 1 N–H and O–H groups in total. The lowest BCUT2D eigenvalue weighted by molar-refractivity contribution is -0.124. The van der Waals surface area contributed by atoms with Crippen LogP contribution in [0.25, 0.3) is 0 Å². The fraction of sp³-hybridized carbons (Fsp3) is 0.909. The van der Waals surface area contributed by atoms with Crippen LogP contribution >= 0.6 is 0 Å². The monoisotopic (exact) mass is 180 g/mol. The standard InChI is InChI=1S/C11H16O2/c12-10-4-1-6-5-9-7(10)2-3-8(9)11(6)13/h6-10,12H,1-5H2/t6-,7-,8+,9-,10-/m1/s1. The van der Waals surface area contributed by atoms with Crippen LogP contribution in [0.2, 0.25) is 0 Å². The molecule has 3 aliphatic carbocycles. The van der Waals surface area contributed by atoms with Crippen LogP contribution < -0.4 is 0 Å². The highest BCUT2D eigenvalue weighted by atomic mass is 16.3. The lowest BCUT2D eigenvalue weighted by Gasteiger charge is -2.22. The molecule has 0 heterocycles. The predicted octanol–water partition coefficient (Wildman–Crippen LogP) is 1.37. The minimum absolute atomic E-state index is 0.104. The van der Waals surface area contributed by atoms with E-state index in [2.05, 4.69) is 0 Å². The number of carbonyl (C=O) groups excluding carboxylic acids is 1. The third-order valence-corrected chi connectivity index (χ3v) is 4.51. The number of Topliss-reactive ketones (excluding diaryl/α,β-unsaturated/α-hetero) is 1. The highest BCUT2D eigenvalue weighted by Crippen LogP contribution is 2.53. The van der Waals surface area contributed by atoms with Crippen molar-refractivity contribution in [2.45, 2.75) is 38.2 Å². The van der Waals surface area contributed by atoms with Crippen LogP contribution in [0.3, 0.4) is 0 Å². The number of aliphatic hydroxyl groups excluding tert-OH is 1. The summed E-state index contributed by atoms with van der Waals surface area (Å²) in [5.41, 5.74) is 0. The number of carbonyl (C=O) groups is 1. The highest BCUT2D eigenvalue weighted by molar-refractivity contribution is 5.86. The molecule has 13 heavy (non-hydrogen) atoms. The van der Waals surface area contributed by atoms with Crippen LogP contribution in [0.1, 0.15) is 32.1 Å². The summed E-state index contributed by atoms with van der Waals surface area (Å²) in [5, 5.41) is 9.87. The molecule has 0 radical (unpaired) electrons. The molecular formula is C11H16O2. The Bertz CT molecular complexity index is 248. The SMILES string of the molecule is O=C1[C@@H]2CC[C@@H](O)[C@@H]3CC[C@H]1[C@@H]3C2. The molecule has 2 nitrogen and oxygen atoms in total. The fourth-order valence-corrected chi connectivity index (χ4v) is 3.86. The first-order valence-corrected chi connectivity index (χ1v) is 5.49. The largest absolute Gasteiger partial charge is 0.393 e.